The van der Waals surface area contributed by atoms with Crippen LogP contribution in [-0.2, 0) is 26.2 Å². The molecule has 0 heterocycles. The smallest absolute Gasteiger partial charge is 0.264 e. The number of nitrogens with zero attached hydrogens (tertiary/aromatic N) is 2. The number of amides is 2. The van der Waals surface area contributed by atoms with Crippen LogP contribution in [0.25, 0.3) is 0 Å². The summed E-state index contributed by atoms with van der Waals surface area (Å²) in [5, 5.41) is 2.89. The van der Waals surface area contributed by atoms with E-state index in [0.717, 1.165) is 16.3 Å². The molecule has 2 amide bonds. The molecule has 0 aromatic heterocycles. The first-order valence-corrected chi connectivity index (χ1v) is 16.3. The highest BCUT2D eigenvalue weighted by atomic mass is 32.2. The Hall–Kier alpha value is -4.83. The Bertz CT molecular complexity index is 1630. The molecule has 9 nitrogen and oxygen atoms in total. The Morgan fingerprint density at radius 1 is 0.778 bits per heavy atom. The molecule has 236 valence electrons. The fraction of sp³-hybridized carbons (Fsp3) is 0.257. The van der Waals surface area contributed by atoms with Crippen molar-refractivity contribution in [2.24, 2.45) is 0 Å². The lowest BCUT2D eigenvalue weighted by atomic mass is 10.1. The van der Waals surface area contributed by atoms with Crippen molar-refractivity contribution in [3.63, 3.8) is 0 Å². The van der Waals surface area contributed by atoms with E-state index in [-0.39, 0.29) is 23.0 Å². The van der Waals surface area contributed by atoms with Gasteiger partial charge in [0.15, 0.2) is 0 Å². The quantitative estimate of drug-likeness (QED) is 0.173. The fourth-order valence-electron chi connectivity index (χ4n) is 4.77. The molecule has 10 heteroatoms. The maximum Gasteiger partial charge on any atom is 0.264 e. The van der Waals surface area contributed by atoms with Gasteiger partial charge in [0, 0.05) is 13.1 Å². The highest BCUT2D eigenvalue weighted by Crippen LogP contribution is 2.29. The third kappa shape index (κ3) is 8.63. The highest BCUT2D eigenvalue weighted by molar-refractivity contribution is 7.92. The first-order valence-electron chi connectivity index (χ1n) is 14.9. The molecule has 0 bridgehead atoms. The number of methoxy groups -OCH3 is 1. The van der Waals surface area contributed by atoms with Gasteiger partial charge in [0.2, 0.25) is 11.8 Å². The summed E-state index contributed by atoms with van der Waals surface area (Å²) in [6, 6.07) is 30.1. The number of sulfonamides is 1. The zero-order chi connectivity index (χ0) is 32.2. The monoisotopic (exact) mass is 629 g/mol. The maximum absolute atomic E-state index is 14.2. The van der Waals surface area contributed by atoms with Gasteiger partial charge in [-0.3, -0.25) is 13.9 Å². The normalized spacial score (nSPS) is 11.7. The standard InChI is InChI=1S/C35H39N3O6S/c1-4-24-36-35(40)33(5-2)37(25-27-16-20-29(43-3)21-17-27)34(39)26-38(45(41,42)32-14-10-7-11-15-32)28-18-22-31(23-19-28)44-30-12-8-6-9-13-30/h6-23,33H,4-5,24-26H2,1-3H3,(H,36,40)/t33-/m1/s1. The summed E-state index contributed by atoms with van der Waals surface area (Å²) in [7, 11) is -2.61. The predicted octanol–water partition coefficient (Wildman–Crippen LogP) is 6.02. The average molecular weight is 630 g/mol. The van der Waals surface area contributed by atoms with Gasteiger partial charge >= 0.3 is 0 Å². The minimum Gasteiger partial charge on any atom is -0.497 e. The van der Waals surface area contributed by atoms with Gasteiger partial charge in [0.25, 0.3) is 10.0 Å². The van der Waals surface area contributed by atoms with E-state index in [4.69, 9.17) is 9.47 Å². The third-order valence-corrected chi connectivity index (χ3v) is 8.95. The average Bonchev–Trinajstić information content (AvgIpc) is 3.07. The van der Waals surface area contributed by atoms with Crippen molar-refractivity contribution in [3.8, 4) is 17.2 Å². The molecular formula is C35H39N3O6S. The number of nitrogens with one attached hydrogen (secondary N) is 1. The van der Waals surface area contributed by atoms with Crippen LogP contribution in [0.4, 0.5) is 5.69 Å². The number of carbonyl (C=O) groups excluding carboxylic acids is 2. The second-order valence-electron chi connectivity index (χ2n) is 10.3. The minimum absolute atomic E-state index is 0.0387. The van der Waals surface area contributed by atoms with E-state index in [1.165, 1.54) is 17.0 Å². The van der Waals surface area contributed by atoms with Gasteiger partial charge < -0.3 is 19.7 Å². The molecule has 4 rings (SSSR count). The van der Waals surface area contributed by atoms with E-state index in [1.807, 2.05) is 56.3 Å². The number of hydrogen-bond donors (Lipinski definition) is 1. The molecule has 0 aliphatic carbocycles. The summed E-state index contributed by atoms with van der Waals surface area (Å²) < 4.78 is 40.3. The molecule has 4 aromatic carbocycles. The van der Waals surface area contributed by atoms with E-state index < -0.39 is 28.5 Å². The van der Waals surface area contributed by atoms with Crippen LogP contribution in [0.15, 0.2) is 114 Å². The number of rotatable bonds is 15. The summed E-state index contributed by atoms with van der Waals surface area (Å²) in [6.45, 7) is 3.82. The third-order valence-electron chi connectivity index (χ3n) is 7.16. The molecule has 0 spiro atoms. The van der Waals surface area contributed by atoms with E-state index >= 15 is 0 Å². The number of carbonyl (C=O) groups is 2. The lowest BCUT2D eigenvalue weighted by Crippen LogP contribution is -2.52. The second-order valence-corrected chi connectivity index (χ2v) is 12.2. The Morgan fingerprint density at radius 3 is 1.93 bits per heavy atom. The van der Waals surface area contributed by atoms with E-state index in [9.17, 15) is 18.0 Å². The maximum atomic E-state index is 14.2. The van der Waals surface area contributed by atoms with Crippen LogP contribution >= 0.6 is 0 Å². The predicted molar refractivity (Wildman–Crippen MR) is 175 cm³/mol. The summed E-state index contributed by atoms with van der Waals surface area (Å²) in [4.78, 5) is 29.0. The van der Waals surface area contributed by atoms with Crippen molar-refractivity contribution in [1.29, 1.82) is 0 Å². The Kier molecular flexibility index (Phi) is 11.6. The van der Waals surface area contributed by atoms with Crippen molar-refractivity contribution in [2.45, 2.75) is 44.2 Å². The van der Waals surface area contributed by atoms with Crippen molar-refractivity contribution in [1.82, 2.24) is 10.2 Å². The molecular weight excluding hydrogens is 590 g/mol. The number of ether oxygens (including phenoxy) is 2. The van der Waals surface area contributed by atoms with Crippen LogP contribution < -0.4 is 19.1 Å². The molecule has 0 aliphatic heterocycles. The lowest BCUT2D eigenvalue weighted by molar-refractivity contribution is -0.140. The van der Waals surface area contributed by atoms with Crippen LogP contribution in [0.2, 0.25) is 0 Å². The van der Waals surface area contributed by atoms with Gasteiger partial charge in [-0.15, -0.1) is 0 Å². The van der Waals surface area contributed by atoms with Crippen LogP contribution in [0.1, 0.15) is 32.3 Å². The summed E-state index contributed by atoms with van der Waals surface area (Å²) in [6.07, 6.45) is 1.08. The largest absolute Gasteiger partial charge is 0.497 e. The molecule has 1 atom stereocenters. The molecule has 0 radical (unpaired) electrons. The first-order chi connectivity index (χ1) is 21.8. The second kappa shape index (κ2) is 15.8. The van der Waals surface area contributed by atoms with Gasteiger partial charge in [0.1, 0.15) is 29.8 Å². The van der Waals surface area contributed by atoms with Crippen molar-refractivity contribution < 1.29 is 27.5 Å². The molecule has 45 heavy (non-hydrogen) atoms. The zero-order valence-corrected chi connectivity index (χ0v) is 26.6. The van der Waals surface area contributed by atoms with E-state index in [2.05, 4.69) is 5.32 Å². The van der Waals surface area contributed by atoms with Crippen LogP contribution in [0.3, 0.4) is 0 Å². The number of para-hydroxylation sites is 1. The summed E-state index contributed by atoms with van der Waals surface area (Å²) >= 11 is 0. The molecule has 4 aromatic rings. The molecule has 0 saturated heterocycles. The molecule has 0 fully saturated rings. The van der Waals surface area contributed by atoms with Gasteiger partial charge in [-0.1, -0.05) is 62.4 Å². The SMILES string of the molecule is CCCNC(=O)[C@@H](CC)N(Cc1ccc(OC)cc1)C(=O)CN(c1ccc(Oc2ccccc2)cc1)S(=O)(=O)c1ccccc1. The molecule has 0 aliphatic rings. The molecule has 0 unspecified atom stereocenters. The van der Waals surface area contributed by atoms with Crippen LogP contribution in [0.5, 0.6) is 17.2 Å². The van der Waals surface area contributed by atoms with Crippen molar-refractivity contribution in [2.75, 3.05) is 24.5 Å². The van der Waals surface area contributed by atoms with Gasteiger partial charge in [-0.25, -0.2) is 8.42 Å². The van der Waals surface area contributed by atoms with Gasteiger partial charge in [0.05, 0.1) is 17.7 Å². The van der Waals surface area contributed by atoms with Crippen LogP contribution in [0, 0.1) is 0 Å². The number of benzene rings is 4. The highest BCUT2D eigenvalue weighted by Gasteiger charge is 2.33. The Labute approximate surface area is 265 Å². The molecule has 1 N–H and O–H groups in total. The van der Waals surface area contributed by atoms with Gasteiger partial charge in [-0.05, 0) is 79.1 Å². The first kappa shape index (κ1) is 33.1. The minimum atomic E-state index is -4.18. The molecule has 0 saturated carbocycles. The Balaban J connectivity index is 1.70. The Morgan fingerprint density at radius 2 is 1.36 bits per heavy atom. The van der Waals surface area contributed by atoms with Crippen molar-refractivity contribution >= 4 is 27.5 Å². The van der Waals surface area contributed by atoms with Crippen molar-refractivity contribution in [3.05, 3.63) is 115 Å². The summed E-state index contributed by atoms with van der Waals surface area (Å²) in [5.74, 6) is 0.988. The zero-order valence-electron chi connectivity index (χ0n) is 25.8. The van der Waals surface area contributed by atoms with Crippen LogP contribution in [-0.4, -0.2) is 51.4 Å². The topological polar surface area (TPSA) is 105 Å². The number of anilines is 1. The van der Waals surface area contributed by atoms with E-state index in [0.29, 0.717) is 30.2 Å². The lowest BCUT2D eigenvalue weighted by Gasteiger charge is -2.33. The summed E-state index contributed by atoms with van der Waals surface area (Å²) in [5.41, 5.74) is 1.05. The van der Waals surface area contributed by atoms with E-state index in [1.54, 1.807) is 61.7 Å². The fourth-order valence-corrected chi connectivity index (χ4v) is 6.20. The van der Waals surface area contributed by atoms with Gasteiger partial charge in [-0.2, -0.15) is 0 Å². The number of hydrogen-bond acceptors (Lipinski definition) is 6.